The summed E-state index contributed by atoms with van der Waals surface area (Å²) in [4.78, 5) is 11.8. The fraction of sp³-hybridized carbons (Fsp3) is 0.417. The average Bonchev–Trinajstić information content (AvgIpc) is 2.34. The fourth-order valence-electron chi connectivity index (χ4n) is 1.39. The van der Waals surface area contributed by atoms with E-state index in [-0.39, 0.29) is 12.5 Å². The van der Waals surface area contributed by atoms with E-state index in [9.17, 15) is 4.79 Å². The van der Waals surface area contributed by atoms with Crippen LogP contribution in [0.5, 0.6) is 11.5 Å². The number of hydrogen-bond acceptors (Lipinski definition) is 4. The van der Waals surface area contributed by atoms with Crippen LogP contribution in [0.1, 0.15) is 17.3 Å². The van der Waals surface area contributed by atoms with Crippen molar-refractivity contribution in [2.24, 2.45) is 0 Å². The van der Waals surface area contributed by atoms with Gasteiger partial charge in [0.2, 0.25) is 0 Å². The van der Waals surface area contributed by atoms with Gasteiger partial charge in [0.15, 0.2) is 11.5 Å². The minimum Gasteiger partial charge on any atom is -0.493 e. The van der Waals surface area contributed by atoms with Gasteiger partial charge in [-0.1, -0.05) is 11.6 Å². The molecule has 0 saturated carbocycles. The number of hydrogen-bond donors (Lipinski definition) is 2. The van der Waals surface area contributed by atoms with Gasteiger partial charge in [0.05, 0.1) is 25.3 Å². The molecule has 1 atom stereocenters. The highest BCUT2D eigenvalue weighted by atomic mass is 35.5. The van der Waals surface area contributed by atoms with Crippen LogP contribution in [0.25, 0.3) is 0 Å². The number of aliphatic hydroxyl groups excluding tert-OH is 1. The molecule has 0 aliphatic rings. The monoisotopic (exact) mass is 273 g/mol. The van der Waals surface area contributed by atoms with Crippen LogP contribution in [0.2, 0.25) is 5.02 Å². The lowest BCUT2D eigenvalue weighted by Gasteiger charge is -2.12. The highest BCUT2D eigenvalue weighted by Gasteiger charge is 2.15. The Kier molecular flexibility index (Phi) is 5.25. The molecule has 0 aromatic heterocycles. The summed E-state index contributed by atoms with van der Waals surface area (Å²) in [5.74, 6) is 0.428. The molecule has 1 aromatic rings. The molecule has 0 saturated heterocycles. The molecule has 5 nitrogen and oxygen atoms in total. The second-order valence-electron chi connectivity index (χ2n) is 3.75. The van der Waals surface area contributed by atoms with Crippen LogP contribution < -0.4 is 14.8 Å². The summed E-state index contributed by atoms with van der Waals surface area (Å²) in [5.41, 5.74) is 0.346. The molecule has 1 rings (SSSR count). The van der Waals surface area contributed by atoms with Crippen LogP contribution in [-0.2, 0) is 0 Å². The van der Waals surface area contributed by atoms with Crippen molar-refractivity contribution in [3.05, 3.63) is 22.7 Å². The Balaban J connectivity index is 2.97. The van der Waals surface area contributed by atoms with Crippen LogP contribution in [0.15, 0.2) is 12.1 Å². The molecule has 6 heteroatoms. The third-order valence-corrected chi connectivity index (χ3v) is 2.53. The van der Waals surface area contributed by atoms with Gasteiger partial charge in [0, 0.05) is 12.1 Å². The van der Waals surface area contributed by atoms with E-state index in [4.69, 9.17) is 26.2 Å². The first-order valence-corrected chi connectivity index (χ1v) is 5.75. The summed E-state index contributed by atoms with van der Waals surface area (Å²) < 4.78 is 10.2. The predicted molar refractivity (Wildman–Crippen MR) is 68.6 cm³/mol. The molecule has 0 unspecified atom stereocenters. The predicted octanol–water partition coefficient (Wildman–Crippen LogP) is 1.47. The SMILES string of the molecule is COc1cc(C(=O)NC[C@H](C)O)cc(Cl)c1OC. The van der Waals surface area contributed by atoms with Crippen molar-refractivity contribution in [1.82, 2.24) is 5.32 Å². The molecule has 0 bridgehead atoms. The Morgan fingerprint density at radius 3 is 2.61 bits per heavy atom. The zero-order valence-electron chi connectivity index (χ0n) is 10.5. The maximum absolute atomic E-state index is 11.8. The van der Waals surface area contributed by atoms with Gasteiger partial charge in [-0.05, 0) is 19.1 Å². The molecule has 0 aliphatic carbocycles. The summed E-state index contributed by atoms with van der Waals surface area (Å²) in [6.07, 6.45) is -0.607. The summed E-state index contributed by atoms with van der Waals surface area (Å²) in [6.45, 7) is 1.76. The lowest BCUT2D eigenvalue weighted by Crippen LogP contribution is -2.30. The summed E-state index contributed by atoms with van der Waals surface area (Å²) in [5, 5.41) is 12.0. The van der Waals surface area contributed by atoms with Crippen molar-refractivity contribution in [2.45, 2.75) is 13.0 Å². The number of benzene rings is 1. The number of carbonyl (C=O) groups excluding carboxylic acids is 1. The molecular weight excluding hydrogens is 258 g/mol. The lowest BCUT2D eigenvalue weighted by molar-refractivity contribution is 0.0923. The Bertz CT molecular complexity index is 434. The van der Waals surface area contributed by atoms with E-state index in [1.807, 2.05) is 0 Å². The van der Waals surface area contributed by atoms with Crippen molar-refractivity contribution < 1.29 is 19.4 Å². The van der Waals surface area contributed by atoms with Crippen LogP contribution in [0.3, 0.4) is 0 Å². The number of aliphatic hydroxyl groups is 1. The first kappa shape index (κ1) is 14.6. The molecule has 0 spiro atoms. The second-order valence-corrected chi connectivity index (χ2v) is 4.16. The Morgan fingerprint density at radius 1 is 1.44 bits per heavy atom. The van der Waals surface area contributed by atoms with Crippen LogP contribution >= 0.6 is 11.6 Å². The van der Waals surface area contributed by atoms with Gasteiger partial charge < -0.3 is 19.9 Å². The van der Waals surface area contributed by atoms with Crippen molar-refractivity contribution in [3.63, 3.8) is 0 Å². The lowest BCUT2D eigenvalue weighted by atomic mass is 10.2. The molecule has 1 aromatic carbocycles. The van der Waals surface area contributed by atoms with E-state index >= 15 is 0 Å². The van der Waals surface area contributed by atoms with Gasteiger partial charge in [0.1, 0.15) is 0 Å². The summed E-state index contributed by atoms with van der Waals surface area (Å²) in [7, 11) is 2.93. The van der Waals surface area contributed by atoms with Crippen LogP contribution in [-0.4, -0.2) is 37.9 Å². The van der Waals surface area contributed by atoms with E-state index in [1.165, 1.54) is 26.4 Å². The number of ether oxygens (including phenoxy) is 2. The van der Waals surface area contributed by atoms with Gasteiger partial charge >= 0.3 is 0 Å². The van der Waals surface area contributed by atoms with Crippen LogP contribution in [0, 0.1) is 0 Å². The van der Waals surface area contributed by atoms with E-state index in [0.29, 0.717) is 22.1 Å². The maximum Gasteiger partial charge on any atom is 0.251 e. The van der Waals surface area contributed by atoms with E-state index in [1.54, 1.807) is 6.92 Å². The minimum absolute atomic E-state index is 0.171. The molecule has 1 amide bonds. The van der Waals surface area contributed by atoms with E-state index < -0.39 is 6.10 Å². The summed E-state index contributed by atoms with van der Waals surface area (Å²) in [6, 6.07) is 3.02. The zero-order chi connectivity index (χ0) is 13.7. The molecular formula is C12H16ClNO4. The first-order chi connectivity index (χ1) is 8.49. The third kappa shape index (κ3) is 3.51. The molecule has 18 heavy (non-hydrogen) atoms. The maximum atomic E-state index is 11.8. The Hall–Kier alpha value is -1.46. The number of halogens is 1. The fourth-order valence-corrected chi connectivity index (χ4v) is 1.68. The minimum atomic E-state index is -0.607. The van der Waals surface area contributed by atoms with Crippen molar-refractivity contribution >= 4 is 17.5 Å². The highest BCUT2D eigenvalue weighted by molar-refractivity contribution is 6.32. The molecule has 0 fully saturated rings. The molecule has 0 heterocycles. The summed E-state index contributed by atoms with van der Waals surface area (Å²) >= 11 is 5.99. The quantitative estimate of drug-likeness (QED) is 0.852. The first-order valence-electron chi connectivity index (χ1n) is 5.37. The zero-order valence-corrected chi connectivity index (χ0v) is 11.2. The molecule has 0 aliphatic heterocycles. The number of rotatable bonds is 5. The molecule has 0 radical (unpaired) electrons. The standard InChI is InChI=1S/C12H16ClNO4/c1-7(15)6-14-12(16)8-4-9(13)11(18-3)10(5-8)17-2/h4-5,7,15H,6H2,1-3H3,(H,14,16)/t7-/m0/s1. The number of carbonyl (C=O) groups is 1. The third-order valence-electron chi connectivity index (χ3n) is 2.25. The Labute approximate surface area is 111 Å². The van der Waals surface area contributed by atoms with Gasteiger partial charge in [-0.3, -0.25) is 4.79 Å². The van der Waals surface area contributed by atoms with E-state index in [2.05, 4.69) is 5.32 Å². The molecule has 100 valence electrons. The normalized spacial score (nSPS) is 11.8. The number of amides is 1. The van der Waals surface area contributed by atoms with Gasteiger partial charge in [-0.15, -0.1) is 0 Å². The van der Waals surface area contributed by atoms with E-state index in [0.717, 1.165) is 0 Å². The van der Waals surface area contributed by atoms with Gasteiger partial charge in [-0.2, -0.15) is 0 Å². The van der Waals surface area contributed by atoms with Crippen molar-refractivity contribution in [3.8, 4) is 11.5 Å². The molecule has 2 N–H and O–H groups in total. The Morgan fingerprint density at radius 2 is 2.11 bits per heavy atom. The van der Waals surface area contributed by atoms with Crippen LogP contribution in [0.4, 0.5) is 0 Å². The van der Waals surface area contributed by atoms with Crippen molar-refractivity contribution in [2.75, 3.05) is 20.8 Å². The smallest absolute Gasteiger partial charge is 0.251 e. The van der Waals surface area contributed by atoms with Crippen molar-refractivity contribution in [1.29, 1.82) is 0 Å². The highest BCUT2D eigenvalue weighted by Crippen LogP contribution is 2.35. The number of nitrogens with one attached hydrogen (secondary N) is 1. The number of methoxy groups -OCH3 is 2. The van der Waals surface area contributed by atoms with Gasteiger partial charge in [-0.25, -0.2) is 0 Å². The second kappa shape index (κ2) is 6.47. The largest absolute Gasteiger partial charge is 0.493 e. The average molecular weight is 274 g/mol. The topological polar surface area (TPSA) is 67.8 Å². The van der Waals surface area contributed by atoms with Gasteiger partial charge in [0.25, 0.3) is 5.91 Å².